The third kappa shape index (κ3) is 5.75. The molecule has 8 heteroatoms. The molecule has 1 aliphatic heterocycles. The van der Waals surface area contributed by atoms with Gasteiger partial charge in [-0.25, -0.2) is 19.6 Å². The number of fused-ring (bicyclic) bond motifs is 2. The highest BCUT2D eigenvalue weighted by molar-refractivity contribution is 5.89. The van der Waals surface area contributed by atoms with Crippen molar-refractivity contribution in [2.24, 2.45) is 5.92 Å². The van der Waals surface area contributed by atoms with Crippen LogP contribution in [0.4, 0.5) is 5.95 Å². The zero-order chi connectivity index (χ0) is 20.0. The molecule has 0 aromatic carbocycles. The van der Waals surface area contributed by atoms with Gasteiger partial charge in [-0.05, 0) is 50.3 Å². The molecule has 0 radical (unpaired) electrons. The Balaban J connectivity index is 0.000000279. The quantitative estimate of drug-likeness (QED) is 0.761. The lowest BCUT2D eigenvalue weighted by molar-refractivity contribution is -0.134. The van der Waals surface area contributed by atoms with Crippen LogP contribution in [0, 0.1) is 5.92 Å². The van der Waals surface area contributed by atoms with E-state index in [1.165, 1.54) is 37.2 Å². The van der Waals surface area contributed by atoms with Gasteiger partial charge in [0.25, 0.3) is 0 Å². The van der Waals surface area contributed by atoms with Gasteiger partial charge in [-0.1, -0.05) is 6.92 Å². The van der Waals surface area contributed by atoms with Crippen LogP contribution in [0.3, 0.4) is 0 Å². The van der Waals surface area contributed by atoms with Gasteiger partial charge in [0.1, 0.15) is 0 Å². The predicted octanol–water partition coefficient (Wildman–Crippen LogP) is 1.45. The molecular weight excluding hydrogens is 348 g/mol. The fraction of sp³-hybridized carbons (Fsp3) is 0.579. The summed E-state index contributed by atoms with van der Waals surface area (Å²) in [5.74, 6) is -0.869. The summed E-state index contributed by atoms with van der Waals surface area (Å²) < 4.78 is 0. The van der Waals surface area contributed by atoms with E-state index in [0.29, 0.717) is 12.2 Å². The minimum Gasteiger partial charge on any atom is -0.478 e. The van der Waals surface area contributed by atoms with E-state index in [4.69, 9.17) is 15.2 Å². The lowest BCUT2D eigenvalue weighted by atomic mass is 9.77. The third-order valence-electron chi connectivity index (χ3n) is 5.03. The molecule has 0 saturated carbocycles. The first-order valence-corrected chi connectivity index (χ1v) is 9.21. The highest BCUT2D eigenvalue weighted by atomic mass is 16.4. The van der Waals surface area contributed by atoms with Crippen molar-refractivity contribution >= 4 is 17.9 Å². The number of anilines is 1. The van der Waals surface area contributed by atoms with E-state index in [2.05, 4.69) is 23.0 Å². The second kappa shape index (κ2) is 9.45. The van der Waals surface area contributed by atoms with Gasteiger partial charge in [0.05, 0.1) is 0 Å². The number of aliphatic carboxylic acids is 2. The number of carboxylic acid groups (broad SMARTS) is 2. The van der Waals surface area contributed by atoms with Gasteiger partial charge in [0.2, 0.25) is 5.95 Å². The number of carboxylic acids is 2. The zero-order valence-electron chi connectivity index (χ0n) is 16.1. The molecule has 0 spiro atoms. The highest BCUT2D eigenvalue weighted by Gasteiger charge is 2.35. The average Bonchev–Trinajstić information content (AvgIpc) is 2.64. The van der Waals surface area contributed by atoms with Crippen LogP contribution in [0.1, 0.15) is 31.0 Å². The lowest BCUT2D eigenvalue weighted by Gasteiger charge is -2.43. The molecule has 27 heavy (non-hydrogen) atoms. The molecule has 2 aliphatic rings. The molecule has 2 atom stereocenters. The molecule has 1 aliphatic carbocycles. The molecule has 8 nitrogen and oxygen atoms in total. The normalized spacial score (nSPS) is 21.6. The maximum Gasteiger partial charge on any atom is 0.328 e. The molecule has 148 valence electrons. The molecule has 2 N–H and O–H groups in total. The van der Waals surface area contributed by atoms with E-state index in [9.17, 15) is 9.59 Å². The molecule has 0 bridgehead atoms. The van der Waals surface area contributed by atoms with Crippen molar-refractivity contribution < 1.29 is 19.8 Å². The van der Waals surface area contributed by atoms with Crippen LogP contribution in [0.15, 0.2) is 18.3 Å². The van der Waals surface area contributed by atoms with Crippen LogP contribution in [0.25, 0.3) is 0 Å². The topological polar surface area (TPSA) is 107 Å². The van der Waals surface area contributed by atoms with Crippen LogP contribution in [0.5, 0.6) is 0 Å². The summed E-state index contributed by atoms with van der Waals surface area (Å²) in [6.07, 6.45) is 8.15. The second-order valence-electron chi connectivity index (χ2n) is 7.05. The Morgan fingerprint density at radius 3 is 2.48 bits per heavy atom. The number of likely N-dealkylation sites (N-methyl/N-ethyl adjacent to an activating group) is 1. The van der Waals surface area contributed by atoms with E-state index >= 15 is 0 Å². The second-order valence-corrected chi connectivity index (χ2v) is 7.05. The first-order valence-electron chi connectivity index (χ1n) is 9.21. The van der Waals surface area contributed by atoms with Crippen molar-refractivity contribution in [2.75, 3.05) is 32.1 Å². The standard InChI is InChI=1S/C15H24N4.C4H4O4/c1-4-19-7-5-6-11-8-13-12(9-14(11)19)10-16-15(17-13)18(2)3;5-3(6)1-2-4(7)8/h10-11,14H,4-9H2,1-3H3;1-2H,(H,5,6)(H,7,8)/b;2-1-/t11-,14-;/m0./s1. The van der Waals surface area contributed by atoms with Crippen LogP contribution >= 0.6 is 0 Å². The Kier molecular flexibility index (Phi) is 7.29. The minimum absolute atomic E-state index is 0.558. The molecule has 3 rings (SSSR count). The number of aromatic nitrogens is 2. The molecule has 2 heterocycles. The third-order valence-corrected chi connectivity index (χ3v) is 5.03. The van der Waals surface area contributed by atoms with Crippen molar-refractivity contribution in [1.29, 1.82) is 0 Å². The SMILES string of the molecule is CCN1CCC[C@H]2Cc3nc(N(C)C)ncc3C[C@@H]21.O=C(O)/C=C\C(=O)O. The van der Waals surface area contributed by atoms with E-state index in [1.807, 2.05) is 19.0 Å². The van der Waals surface area contributed by atoms with Crippen molar-refractivity contribution in [3.63, 3.8) is 0 Å². The van der Waals surface area contributed by atoms with Gasteiger partial charge in [0, 0.05) is 44.2 Å². The maximum atomic E-state index is 9.55. The number of hydrogen-bond acceptors (Lipinski definition) is 6. The van der Waals surface area contributed by atoms with Crippen molar-refractivity contribution in [3.8, 4) is 0 Å². The molecule has 1 aromatic rings. The summed E-state index contributed by atoms with van der Waals surface area (Å²) in [7, 11) is 4.01. The molecule has 0 amide bonds. The first-order chi connectivity index (χ1) is 12.8. The summed E-state index contributed by atoms with van der Waals surface area (Å²) in [6.45, 7) is 4.72. The van der Waals surface area contributed by atoms with Crippen LogP contribution in [-0.4, -0.2) is 70.2 Å². The lowest BCUT2D eigenvalue weighted by Crippen LogP contribution is -2.49. The number of nitrogens with zero attached hydrogens (tertiary/aromatic N) is 4. The summed E-state index contributed by atoms with van der Waals surface area (Å²) in [6, 6.07) is 0.722. The predicted molar refractivity (Wildman–Crippen MR) is 102 cm³/mol. The summed E-state index contributed by atoms with van der Waals surface area (Å²) in [5.41, 5.74) is 2.66. The van der Waals surface area contributed by atoms with Gasteiger partial charge in [0.15, 0.2) is 0 Å². The number of rotatable bonds is 4. The molecule has 1 aromatic heterocycles. The van der Waals surface area contributed by atoms with Gasteiger partial charge >= 0.3 is 11.9 Å². The maximum absolute atomic E-state index is 9.55. The van der Waals surface area contributed by atoms with E-state index in [1.54, 1.807) is 0 Å². The smallest absolute Gasteiger partial charge is 0.328 e. The van der Waals surface area contributed by atoms with Gasteiger partial charge in [-0.2, -0.15) is 0 Å². The van der Waals surface area contributed by atoms with Crippen molar-refractivity contribution in [1.82, 2.24) is 14.9 Å². The van der Waals surface area contributed by atoms with E-state index < -0.39 is 11.9 Å². The highest BCUT2D eigenvalue weighted by Crippen LogP contribution is 2.34. The fourth-order valence-electron chi connectivity index (χ4n) is 3.75. The minimum atomic E-state index is -1.26. The number of likely N-dealkylation sites (tertiary alicyclic amines) is 1. The number of piperidine rings is 1. The van der Waals surface area contributed by atoms with Crippen LogP contribution < -0.4 is 4.90 Å². The van der Waals surface area contributed by atoms with Gasteiger partial charge in [-0.15, -0.1) is 0 Å². The van der Waals surface area contributed by atoms with E-state index in [0.717, 1.165) is 30.7 Å². The van der Waals surface area contributed by atoms with Crippen LogP contribution in [-0.2, 0) is 22.4 Å². The van der Waals surface area contributed by atoms with Gasteiger partial charge < -0.3 is 20.0 Å². The Morgan fingerprint density at radius 2 is 1.93 bits per heavy atom. The molecule has 1 fully saturated rings. The molecule has 1 saturated heterocycles. The Labute approximate surface area is 159 Å². The molecular formula is C19H28N4O4. The monoisotopic (exact) mass is 376 g/mol. The summed E-state index contributed by atoms with van der Waals surface area (Å²) >= 11 is 0. The first kappa shape index (κ1) is 20.8. The Hall–Kier alpha value is -2.48. The van der Waals surface area contributed by atoms with Crippen LogP contribution in [0.2, 0.25) is 0 Å². The van der Waals surface area contributed by atoms with E-state index in [-0.39, 0.29) is 0 Å². The number of hydrogen-bond donors (Lipinski definition) is 2. The van der Waals surface area contributed by atoms with Crippen molar-refractivity contribution in [3.05, 3.63) is 29.6 Å². The Bertz CT molecular complexity index is 689. The van der Waals surface area contributed by atoms with Gasteiger partial charge in [-0.3, -0.25) is 0 Å². The average molecular weight is 376 g/mol. The summed E-state index contributed by atoms with van der Waals surface area (Å²) in [5, 5.41) is 15.6. The summed E-state index contributed by atoms with van der Waals surface area (Å²) in [4.78, 5) is 33.0. The van der Waals surface area contributed by atoms with Crippen molar-refractivity contribution in [2.45, 2.75) is 38.6 Å². The fourth-order valence-corrected chi connectivity index (χ4v) is 3.75. The number of carbonyl (C=O) groups is 2. The zero-order valence-corrected chi connectivity index (χ0v) is 16.1. The molecule has 0 unspecified atom stereocenters. The largest absolute Gasteiger partial charge is 0.478 e. The Morgan fingerprint density at radius 1 is 1.26 bits per heavy atom.